The Morgan fingerprint density at radius 2 is 2.31 bits per heavy atom. The molecule has 0 bridgehead atoms. The van der Waals surface area contributed by atoms with Crippen LogP contribution in [0.3, 0.4) is 0 Å². The van der Waals surface area contributed by atoms with Gasteiger partial charge >= 0.3 is 0 Å². The fraction of sp³-hybridized carbons (Fsp3) is 0.500. The number of hydrogen-bond donors (Lipinski definition) is 2. The van der Waals surface area contributed by atoms with Gasteiger partial charge in [0, 0.05) is 12.6 Å². The summed E-state index contributed by atoms with van der Waals surface area (Å²) in [7, 11) is 0. The number of aliphatic hydroxyl groups is 1. The maximum absolute atomic E-state index is 10.6. The summed E-state index contributed by atoms with van der Waals surface area (Å²) in [6.45, 7) is 3.85. The topological polar surface area (TPSA) is 88.3 Å². The van der Waals surface area contributed by atoms with Gasteiger partial charge < -0.3 is 10.4 Å². The zero-order valence-electron chi connectivity index (χ0n) is 9.30. The number of pyridine rings is 1. The molecule has 6 heteroatoms. The van der Waals surface area contributed by atoms with E-state index in [9.17, 15) is 15.2 Å². The van der Waals surface area contributed by atoms with Gasteiger partial charge in [-0.1, -0.05) is 6.92 Å². The zero-order chi connectivity index (χ0) is 12.1. The van der Waals surface area contributed by atoms with Crippen LogP contribution in [0, 0.1) is 17.0 Å². The van der Waals surface area contributed by atoms with E-state index in [0.29, 0.717) is 24.5 Å². The average molecular weight is 225 g/mol. The number of hydrogen-bond acceptors (Lipinski definition) is 5. The van der Waals surface area contributed by atoms with Crippen molar-refractivity contribution < 1.29 is 10.0 Å². The second-order valence-electron chi connectivity index (χ2n) is 3.50. The standard InChI is InChI=1S/C10H15N3O3/c1-3-8(14)6-11-10-5-4-9(13(15)16)7(2)12-10/h4-5,8,14H,3,6H2,1-2H3,(H,11,12). The van der Waals surface area contributed by atoms with Crippen molar-refractivity contribution in [2.75, 3.05) is 11.9 Å². The monoisotopic (exact) mass is 225 g/mol. The van der Waals surface area contributed by atoms with Gasteiger partial charge in [-0.05, 0) is 19.4 Å². The minimum atomic E-state index is -0.465. The van der Waals surface area contributed by atoms with Gasteiger partial charge in [0.1, 0.15) is 11.5 Å². The van der Waals surface area contributed by atoms with Gasteiger partial charge in [-0.25, -0.2) is 4.98 Å². The first-order valence-electron chi connectivity index (χ1n) is 5.08. The molecule has 0 fully saturated rings. The highest BCUT2D eigenvalue weighted by Crippen LogP contribution is 2.17. The number of nitrogens with one attached hydrogen (secondary N) is 1. The summed E-state index contributed by atoms with van der Waals surface area (Å²) in [6.07, 6.45) is 0.219. The van der Waals surface area contributed by atoms with Crippen molar-refractivity contribution in [3.05, 3.63) is 27.9 Å². The summed E-state index contributed by atoms with van der Waals surface area (Å²) < 4.78 is 0. The average Bonchev–Trinajstić information content (AvgIpc) is 2.25. The fourth-order valence-electron chi connectivity index (χ4n) is 1.21. The Hall–Kier alpha value is -1.69. The molecular weight excluding hydrogens is 210 g/mol. The van der Waals surface area contributed by atoms with E-state index in [2.05, 4.69) is 10.3 Å². The second kappa shape index (κ2) is 5.41. The molecule has 1 atom stereocenters. The van der Waals surface area contributed by atoms with Gasteiger partial charge in [0.15, 0.2) is 0 Å². The summed E-state index contributed by atoms with van der Waals surface area (Å²) in [6, 6.07) is 2.94. The lowest BCUT2D eigenvalue weighted by Gasteiger charge is -2.10. The molecule has 1 rings (SSSR count). The SMILES string of the molecule is CCC(O)CNc1ccc([N+](=O)[O-])c(C)n1. The lowest BCUT2D eigenvalue weighted by atomic mass is 10.2. The zero-order valence-corrected chi connectivity index (χ0v) is 9.30. The summed E-state index contributed by atoms with van der Waals surface area (Å²) >= 11 is 0. The van der Waals surface area contributed by atoms with Crippen molar-refractivity contribution in [2.24, 2.45) is 0 Å². The molecule has 6 nitrogen and oxygen atoms in total. The Labute approximate surface area is 93.5 Å². The van der Waals surface area contributed by atoms with Gasteiger partial charge in [-0.15, -0.1) is 0 Å². The van der Waals surface area contributed by atoms with Crippen LogP contribution in [0.4, 0.5) is 11.5 Å². The molecular formula is C10H15N3O3. The van der Waals surface area contributed by atoms with Crippen molar-refractivity contribution >= 4 is 11.5 Å². The predicted octanol–water partition coefficient (Wildman–Crippen LogP) is 1.48. The Morgan fingerprint density at radius 3 is 2.81 bits per heavy atom. The first-order chi connectivity index (χ1) is 7.54. The molecule has 0 saturated heterocycles. The van der Waals surface area contributed by atoms with Crippen molar-refractivity contribution in [1.82, 2.24) is 4.98 Å². The minimum Gasteiger partial charge on any atom is -0.391 e. The van der Waals surface area contributed by atoms with Crippen LogP contribution in [0.15, 0.2) is 12.1 Å². The molecule has 0 radical (unpaired) electrons. The minimum absolute atomic E-state index is 0.00147. The molecule has 0 aliphatic rings. The van der Waals surface area contributed by atoms with Crippen molar-refractivity contribution in [2.45, 2.75) is 26.4 Å². The number of rotatable bonds is 5. The maximum Gasteiger partial charge on any atom is 0.290 e. The van der Waals surface area contributed by atoms with Crippen LogP contribution in [0.1, 0.15) is 19.0 Å². The van der Waals surface area contributed by atoms with E-state index in [-0.39, 0.29) is 5.69 Å². The van der Waals surface area contributed by atoms with Crippen molar-refractivity contribution in [3.63, 3.8) is 0 Å². The second-order valence-corrected chi connectivity index (χ2v) is 3.50. The molecule has 0 spiro atoms. The van der Waals surface area contributed by atoms with Crippen LogP contribution >= 0.6 is 0 Å². The summed E-state index contributed by atoms with van der Waals surface area (Å²) in [5.41, 5.74) is 0.363. The molecule has 1 unspecified atom stereocenters. The molecule has 1 aromatic heterocycles. The van der Waals surface area contributed by atoms with Crippen molar-refractivity contribution in [1.29, 1.82) is 0 Å². The van der Waals surface area contributed by atoms with Gasteiger partial charge in [-0.2, -0.15) is 0 Å². The molecule has 1 heterocycles. The molecule has 0 saturated carbocycles. The third-order valence-electron chi connectivity index (χ3n) is 2.24. The lowest BCUT2D eigenvalue weighted by molar-refractivity contribution is -0.385. The van der Waals surface area contributed by atoms with E-state index in [0.717, 1.165) is 0 Å². The summed E-state index contributed by atoms with van der Waals surface area (Å²) in [5.74, 6) is 0.538. The number of nitrogens with zero attached hydrogens (tertiary/aromatic N) is 2. The van der Waals surface area contributed by atoms with Crippen LogP contribution in [0.5, 0.6) is 0 Å². The maximum atomic E-state index is 10.6. The number of aryl methyl sites for hydroxylation is 1. The molecule has 88 valence electrons. The Morgan fingerprint density at radius 1 is 1.62 bits per heavy atom. The van der Waals surface area contributed by atoms with Gasteiger partial charge in [0.25, 0.3) is 5.69 Å². The van der Waals surface area contributed by atoms with Crippen LogP contribution in [-0.4, -0.2) is 27.7 Å². The number of aromatic nitrogens is 1. The van der Waals surface area contributed by atoms with E-state index in [1.807, 2.05) is 6.92 Å². The first kappa shape index (κ1) is 12.4. The van der Waals surface area contributed by atoms with Crippen LogP contribution < -0.4 is 5.32 Å². The number of anilines is 1. The highest BCUT2D eigenvalue weighted by molar-refractivity contribution is 5.44. The molecule has 0 amide bonds. The van der Waals surface area contributed by atoms with E-state index in [4.69, 9.17) is 0 Å². The third kappa shape index (κ3) is 3.16. The largest absolute Gasteiger partial charge is 0.391 e. The Bertz CT molecular complexity index is 382. The molecule has 1 aromatic rings. The summed E-state index contributed by atoms with van der Waals surface area (Å²) in [4.78, 5) is 14.1. The van der Waals surface area contributed by atoms with Gasteiger partial charge in [0.05, 0.1) is 11.0 Å². The van der Waals surface area contributed by atoms with E-state index in [1.54, 1.807) is 6.92 Å². The normalized spacial score (nSPS) is 12.2. The van der Waals surface area contributed by atoms with Crippen molar-refractivity contribution in [3.8, 4) is 0 Å². The number of nitro groups is 1. The molecule has 0 aromatic carbocycles. The van der Waals surface area contributed by atoms with E-state index < -0.39 is 11.0 Å². The van der Waals surface area contributed by atoms with Gasteiger partial charge in [-0.3, -0.25) is 10.1 Å². The predicted molar refractivity (Wildman–Crippen MR) is 60.4 cm³/mol. The Balaban J connectivity index is 2.70. The summed E-state index contributed by atoms with van der Waals surface area (Å²) in [5, 5.41) is 22.8. The fourth-order valence-corrected chi connectivity index (χ4v) is 1.21. The quantitative estimate of drug-likeness (QED) is 0.585. The molecule has 2 N–H and O–H groups in total. The molecule has 16 heavy (non-hydrogen) atoms. The third-order valence-corrected chi connectivity index (χ3v) is 2.24. The highest BCUT2D eigenvalue weighted by atomic mass is 16.6. The van der Waals surface area contributed by atoms with Crippen LogP contribution in [0.25, 0.3) is 0 Å². The smallest absolute Gasteiger partial charge is 0.290 e. The van der Waals surface area contributed by atoms with Gasteiger partial charge in [0.2, 0.25) is 0 Å². The van der Waals surface area contributed by atoms with Crippen LogP contribution in [-0.2, 0) is 0 Å². The van der Waals surface area contributed by atoms with E-state index in [1.165, 1.54) is 12.1 Å². The Kier molecular flexibility index (Phi) is 4.19. The van der Waals surface area contributed by atoms with Crippen LogP contribution in [0.2, 0.25) is 0 Å². The van der Waals surface area contributed by atoms with E-state index >= 15 is 0 Å². The number of aliphatic hydroxyl groups excluding tert-OH is 1. The first-order valence-corrected chi connectivity index (χ1v) is 5.08. The molecule has 0 aliphatic carbocycles. The molecule has 0 aliphatic heterocycles. The highest BCUT2D eigenvalue weighted by Gasteiger charge is 2.11. The lowest BCUT2D eigenvalue weighted by Crippen LogP contribution is -2.18.